The standard InChI is InChI=1S/C21H21NO3/c1-24-14-6-5-7-15(12-14)25-16-10-11-20-18(13-16)21(23)17-8-3-2-4-9-19(17)22-20/h5-7,10-13H,2-4,8-9H2,1H3,(H,22,23). The summed E-state index contributed by atoms with van der Waals surface area (Å²) in [7, 11) is 1.63. The van der Waals surface area contributed by atoms with Crippen LogP contribution in [0.4, 0.5) is 0 Å². The van der Waals surface area contributed by atoms with E-state index in [-0.39, 0.29) is 5.43 Å². The number of rotatable bonds is 3. The molecule has 1 aliphatic rings. The summed E-state index contributed by atoms with van der Waals surface area (Å²) in [4.78, 5) is 16.4. The summed E-state index contributed by atoms with van der Waals surface area (Å²) in [5, 5.41) is 0.695. The molecule has 0 amide bonds. The van der Waals surface area contributed by atoms with E-state index in [1.807, 2.05) is 42.5 Å². The lowest BCUT2D eigenvalue weighted by atomic mass is 10.0. The van der Waals surface area contributed by atoms with E-state index in [1.165, 1.54) is 6.42 Å². The summed E-state index contributed by atoms with van der Waals surface area (Å²) < 4.78 is 11.1. The largest absolute Gasteiger partial charge is 0.497 e. The Labute approximate surface area is 146 Å². The van der Waals surface area contributed by atoms with E-state index in [4.69, 9.17) is 9.47 Å². The third kappa shape index (κ3) is 3.12. The number of methoxy groups -OCH3 is 1. The summed E-state index contributed by atoms with van der Waals surface area (Å²) in [6, 6.07) is 13.1. The van der Waals surface area contributed by atoms with Crippen LogP contribution in [0.5, 0.6) is 17.2 Å². The van der Waals surface area contributed by atoms with Crippen molar-refractivity contribution in [2.24, 2.45) is 0 Å². The molecule has 1 N–H and O–H groups in total. The summed E-state index contributed by atoms with van der Waals surface area (Å²) in [6.45, 7) is 0. The van der Waals surface area contributed by atoms with E-state index in [0.717, 1.165) is 48.2 Å². The maximum atomic E-state index is 12.9. The van der Waals surface area contributed by atoms with Crippen molar-refractivity contribution in [1.29, 1.82) is 0 Å². The lowest BCUT2D eigenvalue weighted by Gasteiger charge is -2.11. The molecule has 0 aliphatic heterocycles. The number of hydrogen-bond acceptors (Lipinski definition) is 3. The van der Waals surface area contributed by atoms with Gasteiger partial charge in [-0.15, -0.1) is 0 Å². The Morgan fingerprint density at radius 3 is 2.60 bits per heavy atom. The van der Waals surface area contributed by atoms with Gasteiger partial charge in [0.2, 0.25) is 0 Å². The Kier molecular flexibility index (Phi) is 4.18. The predicted molar refractivity (Wildman–Crippen MR) is 98.9 cm³/mol. The minimum atomic E-state index is 0.141. The molecule has 1 aromatic heterocycles. The van der Waals surface area contributed by atoms with Gasteiger partial charge in [0, 0.05) is 28.2 Å². The van der Waals surface area contributed by atoms with E-state index in [1.54, 1.807) is 7.11 Å². The number of pyridine rings is 1. The van der Waals surface area contributed by atoms with Gasteiger partial charge in [-0.3, -0.25) is 4.79 Å². The van der Waals surface area contributed by atoms with Crippen LogP contribution in [0.15, 0.2) is 47.3 Å². The van der Waals surface area contributed by atoms with E-state index in [0.29, 0.717) is 16.9 Å². The molecule has 0 saturated heterocycles. The van der Waals surface area contributed by atoms with Crippen molar-refractivity contribution in [3.63, 3.8) is 0 Å². The Morgan fingerprint density at radius 1 is 0.920 bits per heavy atom. The number of ether oxygens (including phenoxy) is 2. The molecule has 1 heterocycles. The zero-order valence-corrected chi connectivity index (χ0v) is 14.3. The van der Waals surface area contributed by atoms with Crippen molar-refractivity contribution < 1.29 is 9.47 Å². The molecule has 4 heteroatoms. The Hall–Kier alpha value is -2.75. The SMILES string of the molecule is COc1cccc(Oc2ccc3[nH]c4c(c(=O)c3c2)CCCCC4)c1. The van der Waals surface area contributed by atoms with Crippen LogP contribution in [-0.4, -0.2) is 12.1 Å². The minimum Gasteiger partial charge on any atom is -0.497 e. The lowest BCUT2D eigenvalue weighted by Crippen LogP contribution is -2.14. The molecular formula is C21H21NO3. The summed E-state index contributed by atoms with van der Waals surface area (Å²) in [5.74, 6) is 2.08. The van der Waals surface area contributed by atoms with Gasteiger partial charge in [-0.1, -0.05) is 12.5 Å². The van der Waals surface area contributed by atoms with Crippen molar-refractivity contribution in [2.45, 2.75) is 32.1 Å². The van der Waals surface area contributed by atoms with Crippen LogP contribution >= 0.6 is 0 Å². The van der Waals surface area contributed by atoms with Crippen LogP contribution in [0.1, 0.15) is 30.5 Å². The second-order valence-corrected chi connectivity index (χ2v) is 6.46. The first-order chi connectivity index (χ1) is 12.2. The number of H-pyrrole nitrogens is 1. The first-order valence-electron chi connectivity index (χ1n) is 8.74. The highest BCUT2D eigenvalue weighted by molar-refractivity contribution is 5.81. The monoisotopic (exact) mass is 335 g/mol. The molecule has 1 aliphatic carbocycles. The zero-order valence-electron chi connectivity index (χ0n) is 14.3. The molecule has 128 valence electrons. The molecule has 0 saturated carbocycles. The second-order valence-electron chi connectivity index (χ2n) is 6.46. The van der Waals surface area contributed by atoms with E-state index >= 15 is 0 Å². The van der Waals surface area contributed by atoms with Gasteiger partial charge < -0.3 is 14.5 Å². The molecule has 0 unspecified atom stereocenters. The third-order valence-electron chi connectivity index (χ3n) is 4.79. The summed E-state index contributed by atoms with van der Waals surface area (Å²) in [6.07, 6.45) is 5.24. The number of nitrogens with one attached hydrogen (secondary N) is 1. The third-order valence-corrected chi connectivity index (χ3v) is 4.79. The first kappa shape index (κ1) is 15.8. The fourth-order valence-corrected chi connectivity index (χ4v) is 3.48. The molecule has 2 aromatic carbocycles. The molecule has 0 spiro atoms. The summed E-state index contributed by atoms with van der Waals surface area (Å²) >= 11 is 0. The normalized spacial score (nSPS) is 14.0. The molecule has 0 bridgehead atoms. The second kappa shape index (κ2) is 6.63. The molecule has 3 aromatic rings. The number of fused-ring (bicyclic) bond motifs is 2. The van der Waals surface area contributed by atoms with Crippen LogP contribution < -0.4 is 14.9 Å². The number of benzene rings is 2. The van der Waals surface area contributed by atoms with Gasteiger partial charge in [-0.25, -0.2) is 0 Å². The van der Waals surface area contributed by atoms with Crippen LogP contribution in [0.2, 0.25) is 0 Å². The zero-order chi connectivity index (χ0) is 17.2. The lowest BCUT2D eigenvalue weighted by molar-refractivity contribution is 0.409. The molecule has 4 rings (SSSR count). The smallest absolute Gasteiger partial charge is 0.192 e. The van der Waals surface area contributed by atoms with Crippen molar-refractivity contribution in [1.82, 2.24) is 4.98 Å². The van der Waals surface area contributed by atoms with Crippen molar-refractivity contribution >= 4 is 10.9 Å². The van der Waals surface area contributed by atoms with Crippen molar-refractivity contribution in [3.05, 3.63) is 63.9 Å². The number of aromatic nitrogens is 1. The van der Waals surface area contributed by atoms with Crippen molar-refractivity contribution in [3.8, 4) is 17.2 Å². The van der Waals surface area contributed by atoms with Crippen molar-refractivity contribution in [2.75, 3.05) is 7.11 Å². The molecular weight excluding hydrogens is 314 g/mol. The van der Waals surface area contributed by atoms with Gasteiger partial charge in [0.1, 0.15) is 17.2 Å². The minimum absolute atomic E-state index is 0.141. The van der Waals surface area contributed by atoms with Crippen LogP contribution in [0, 0.1) is 0 Å². The highest BCUT2D eigenvalue weighted by Crippen LogP contribution is 2.27. The molecule has 0 fully saturated rings. The number of aryl methyl sites for hydroxylation is 1. The van der Waals surface area contributed by atoms with Crippen LogP contribution in [0.3, 0.4) is 0 Å². The van der Waals surface area contributed by atoms with Crippen LogP contribution in [0.25, 0.3) is 10.9 Å². The van der Waals surface area contributed by atoms with E-state index in [9.17, 15) is 4.79 Å². The first-order valence-corrected chi connectivity index (χ1v) is 8.74. The van der Waals surface area contributed by atoms with Gasteiger partial charge in [0.15, 0.2) is 5.43 Å². The highest BCUT2D eigenvalue weighted by Gasteiger charge is 2.15. The van der Waals surface area contributed by atoms with Gasteiger partial charge >= 0.3 is 0 Å². The Balaban J connectivity index is 1.74. The fourth-order valence-electron chi connectivity index (χ4n) is 3.48. The van der Waals surface area contributed by atoms with Gasteiger partial charge in [0.05, 0.1) is 7.11 Å². The average Bonchev–Trinajstić information content (AvgIpc) is 2.88. The predicted octanol–water partition coefficient (Wildman–Crippen LogP) is 4.60. The highest BCUT2D eigenvalue weighted by atomic mass is 16.5. The molecule has 0 radical (unpaired) electrons. The van der Waals surface area contributed by atoms with Gasteiger partial charge in [-0.05, 0) is 56.0 Å². The summed E-state index contributed by atoms with van der Waals surface area (Å²) in [5.41, 5.74) is 3.07. The average molecular weight is 335 g/mol. The topological polar surface area (TPSA) is 51.3 Å². The number of hydrogen-bond donors (Lipinski definition) is 1. The van der Waals surface area contributed by atoms with Crippen LogP contribution in [-0.2, 0) is 12.8 Å². The molecule has 4 nitrogen and oxygen atoms in total. The Bertz CT molecular complexity index is 975. The quantitative estimate of drug-likeness (QED) is 0.712. The molecule has 0 atom stereocenters. The van der Waals surface area contributed by atoms with E-state index in [2.05, 4.69) is 4.98 Å². The van der Waals surface area contributed by atoms with Gasteiger partial charge in [-0.2, -0.15) is 0 Å². The fraction of sp³-hybridized carbons (Fsp3) is 0.286. The number of aromatic amines is 1. The molecule has 25 heavy (non-hydrogen) atoms. The maximum absolute atomic E-state index is 12.9. The Morgan fingerprint density at radius 2 is 1.72 bits per heavy atom. The van der Waals surface area contributed by atoms with Gasteiger partial charge in [0.25, 0.3) is 0 Å². The van der Waals surface area contributed by atoms with E-state index < -0.39 is 0 Å². The maximum Gasteiger partial charge on any atom is 0.192 e.